The third-order valence-electron chi connectivity index (χ3n) is 3.14. The van der Waals surface area contributed by atoms with Crippen molar-refractivity contribution in [2.75, 3.05) is 11.3 Å². The maximum Gasteiger partial charge on any atom is 0.261 e. The summed E-state index contributed by atoms with van der Waals surface area (Å²) >= 11 is 0. The van der Waals surface area contributed by atoms with Crippen LogP contribution < -0.4 is 9.46 Å². The molecule has 1 heterocycles. The molecule has 2 N–H and O–H groups in total. The van der Waals surface area contributed by atoms with Crippen molar-refractivity contribution in [3.63, 3.8) is 0 Å². The van der Waals surface area contributed by atoms with Crippen LogP contribution in [0.1, 0.15) is 6.92 Å². The molecule has 0 aliphatic rings. The number of nitrogens with one attached hydrogen (secondary N) is 2. The number of sulfonamides is 1. The third kappa shape index (κ3) is 2.89. The van der Waals surface area contributed by atoms with E-state index < -0.39 is 10.0 Å². The molecule has 0 aliphatic heterocycles. The summed E-state index contributed by atoms with van der Waals surface area (Å²) in [4.78, 5) is 0.181. The maximum atomic E-state index is 12.4. The van der Waals surface area contributed by atoms with Gasteiger partial charge in [-0.3, -0.25) is 9.82 Å². The van der Waals surface area contributed by atoms with Crippen molar-refractivity contribution in [2.24, 2.45) is 0 Å². The second kappa shape index (κ2) is 5.69. The lowest BCUT2D eigenvalue weighted by molar-refractivity contribution is 0.340. The molecule has 6 nitrogen and oxygen atoms in total. The van der Waals surface area contributed by atoms with Gasteiger partial charge in [0.05, 0.1) is 28.9 Å². The van der Waals surface area contributed by atoms with Gasteiger partial charge in [0.2, 0.25) is 0 Å². The SMILES string of the molecule is CCOc1ccc(S(=O)(=O)Nc2ccc3cn[nH]c3c2)cc1. The maximum absolute atomic E-state index is 12.4. The van der Waals surface area contributed by atoms with E-state index in [0.29, 0.717) is 18.0 Å². The van der Waals surface area contributed by atoms with Crippen LogP contribution in [0.2, 0.25) is 0 Å². The quantitative estimate of drug-likeness (QED) is 0.758. The number of H-pyrrole nitrogens is 1. The molecule has 2 aromatic carbocycles. The van der Waals surface area contributed by atoms with Gasteiger partial charge in [0.1, 0.15) is 5.75 Å². The predicted molar refractivity (Wildman–Crippen MR) is 84.5 cm³/mol. The average Bonchev–Trinajstić information content (AvgIpc) is 2.95. The van der Waals surface area contributed by atoms with E-state index in [1.54, 1.807) is 36.5 Å². The fourth-order valence-electron chi connectivity index (χ4n) is 2.10. The van der Waals surface area contributed by atoms with Crippen LogP contribution >= 0.6 is 0 Å². The lowest BCUT2D eigenvalue weighted by Gasteiger charge is -2.09. The van der Waals surface area contributed by atoms with E-state index in [1.165, 1.54) is 12.1 Å². The second-order valence-corrected chi connectivity index (χ2v) is 6.36. The van der Waals surface area contributed by atoms with Crippen molar-refractivity contribution in [1.82, 2.24) is 10.2 Å². The normalized spacial score (nSPS) is 11.5. The van der Waals surface area contributed by atoms with Crippen molar-refractivity contribution >= 4 is 26.6 Å². The van der Waals surface area contributed by atoms with Gasteiger partial charge in [-0.1, -0.05) is 0 Å². The Labute approximate surface area is 128 Å². The Balaban J connectivity index is 1.85. The number of aromatic nitrogens is 2. The molecule has 3 aromatic rings. The fraction of sp³-hybridized carbons (Fsp3) is 0.133. The summed E-state index contributed by atoms with van der Waals surface area (Å²) in [5.41, 5.74) is 1.25. The van der Waals surface area contributed by atoms with E-state index in [-0.39, 0.29) is 4.90 Å². The van der Waals surface area contributed by atoms with Gasteiger partial charge in [0, 0.05) is 5.39 Å². The van der Waals surface area contributed by atoms with Gasteiger partial charge >= 0.3 is 0 Å². The minimum absolute atomic E-state index is 0.181. The van der Waals surface area contributed by atoms with Crippen LogP contribution in [0, 0.1) is 0 Å². The highest BCUT2D eigenvalue weighted by Crippen LogP contribution is 2.21. The van der Waals surface area contributed by atoms with Gasteiger partial charge in [0.25, 0.3) is 10.0 Å². The molecule has 0 saturated heterocycles. The molecule has 3 rings (SSSR count). The van der Waals surface area contributed by atoms with E-state index in [4.69, 9.17) is 4.74 Å². The summed E-state index contributed by atoms with van der Waals surface area (Å²) in [6.07, 6.45) is 1.68. The summed E-state index contributed by atoms with van der Waals surface area (Å²) in [6.45, 7) is 2.41. The largest absolute Gasteiger partial charge is 0.494 e. The molecule has 0 bridgehead atoms. The van der Waals surface area contributed by atoms with Crippen molar-refractivity contribution in [3.8, 4) is 5.75 Å². The number of rotatable bonds is 5. The van der Waals surface area contributed by atoms with Crippen molar-refractivity contribution in [3.05, 3.63) is 48.7 Å². The topological polar surface area (TPSA) is 84.1 Å². The first-order chi connectivity index (χ1) is 10.6. The second-order valence-electron chi connectivity index (χ2n) is 4.68. The number of ether oxygens (including phenoxy) is 1. The van der Waals surface area contributed by atoms with Crippen LogP contribution in [0.5, 0.6) is 5.75 Å². The van der Waals surface area contributed by atoms with Crippen molar-refractivity contribution in [1.29, 1.82) is 0 Å². The summed E-state index contributed by atoms with van der Waals surface area (Å²) < 4.78 is 32.6. The zero-order chi connectivity index (χ0) is 15.6. The van der Waals surface area contributed by atoms with Gasteiger partial charge < -0.3 is 4.74 Å². The predicted octanol–water partition coefficient (Wildman–Crippen LogP) is 2.76. The lowest BCUT2D eigenvalue weighted by Crippen LogP contribution is -2.12. The molecule has 22 heavy (non-hydrogen) atoms. The average molecular weight is 317 g/mol. The molecule has 0 spiro atoms. The number of benzene rings is 2. The van der Waals surface area contributed by atoms with Gasteiger partial charge in [-0.05, 0) is 49.4 Å². The molecule has 114 valence electrons. The van der Waals surface area contributed by atoms with Crippen LogP contribution in [0.4, 0.5) is 5.69 Å². The highest BCUT2D eigenvalue weighted by molar-refractivity contribution is 7.92. The molecule has 1 aromatic heterocycles. The number of anilines is 1. The van der Waals surface area contributed by atoms with Gasteiger partial charge in [0.15, 0.2) is 0 Å². The standard InChI is InChI=1S/C15H15N3O3S/c1-2-21-13-5-7-14(8-6-13)22(19,20)18-12-4-3-11-10-16-17-15(11)9-12/h3-10,18H,2H2,1H3,(H,16,17). The Morgan fingerprint density at radius 2 is 1.95 bits per heavy atom. The first-order valence-electron chi connectivity index (χ1n) is 6.77. The zero-order valence-electron chi connectivity index (χ0n) is 11.9. The van der Waals surface area contributed by atoms with Gasteiger partial charge in [-0.15, -0.1) is 0 Å². The van der Waals surface area contributed by atoms with Gasteiger partial charge in [-0.2, -0.15) is 5.10 Å². The Hall–Kier alpha value is -2.54. The lowest BCUT2D eigenvalue weighted by atomic mass is 10.2. The van der Waals surface area contributed by atoms with Crippen LogP contribution in [0.25, 0.3) is 10.9 Å². The van der Waals surface area contributed by atoms with Gasteiger partial charge in [-0.25, -0.2) is 8.42 Å². The molecular weight excluding hydrogens is 302 g/mol. The van der Waals surface area contributed by atoms with E-state index in [2.05, 4.69) is 14.9 Å². The molecule has 0 fully saturated rings. The fourth-order valence-corrected chi connectivity index (χ4v) is 3.15. The summed E-state index contributed by atoms with van der Waals surface area (Å²) in [5, 5.41) is 7.63. The van der Waals surface area contributed by atoms with Crippen LogP contribution in [-0.2, 0) is 10.0 Å². The molecule has 0 unspecified atom stereocenters. The minimum Gasteiger partial charge on any atom is -0.494 e. The third-order valence-corrected chi connectivity index (χ3v) is 4.54. The molecule has 0 saturated carbocycles. The Morgan fingerprint density at radius 1 is 1.18 bits per heavy atom. The Bertz CT molecular complexity index is 886. The molecule has 0 amide bonds. The smallest absolute Gasteiger partial charge is 0.261 e. The van der Waals surface area contributed by atoms with E-state index in [9.17, 15) is 8.42 Å². The molecular formula is C15H15N3O3S. The van der Waals surface area contributed by atoms with E-state index in [1.807, 2.05) is 6.92 Å². The van der Waals surface area contributed by atoms with E-state index >= 15 is 0 Å². The van der Waals surface area contributed by atoms with Crippen LogP contribution in [-0.4, -0.2) is 25.2 Å². The number of aromatic amines is 1. The number of fused-ring (bicyclic) bond motifs is 1. The highest BCUT2D eigenvalue weighted by Gasteiger charge is 2.14. The number of hydrogen-bond donors (Lipinski definition) is 2. The molecule has 0 atom stereocenters. The van der Waals surface area contributed by atoms with E-state index in [0.717, 1.165) is 10.9 Å². The molecule has 0 aliphatic carbocycles. The first kappa shape index (κ1) is 14.4. The summed E-state index contributed by atoms with van der Waals surface area (Å²) in [6, 6.07) is 11.5. The van der Waals surface area contributed by atoms with Crippen LogP contribution in [0.15, 0.2) is 53.6 Å². The van der Waals surface area contributed by atoms with Crippen molar-refractivity contribution in [2.45, 2.75) is 11.8 Å². The van der Waals surface area contributed by atoms with Crippen LogP contribution in [0.3, 0.4) is 0 Å². The first-order valence-corrected chi connectivity index (χ1v) is 8.25. The molecule has 7 heteroatoms. The Morgan fingerprint density at radius 3 is 2.68 bits per heavy atom. The minimum atomic E-state index is -3.64. The monoisotopic (exact) mass is 317 g/mol. The zero-order valence-corrected chi connectivity index (χ0v) is 12.7. The molecule has 0 radical (unpaired) electrons. The summed E-state index contributed by atoms with van der Waals surface area (Å²) in [7, 11) is -3.64. The Kier molecular flexibility index (Phi) is 3.72. The summed E-state index contributed by atoms with van der Waals surface area (Å²) in [5.74, 6) is 0.639. The van der Waals surface area contributed by atoms with Crippen molar-refractivity contribution < 1.29 is 13.2 Å². The number of hydrogen-bond acceptors (Lipinski definition) is 4. The number of nitrogens with zero attached hydrogens (tertiary/aromatic N) is 1. The highest BCUT2D eigenvalue weighted by atomic mass is 32.2.